The molecule has 216 valence electrons. The van der Waals surface area contributed by atoms with Crippen LogP contribution in [0, 0.1) is 0 Å². The fourth-order valence-corrected chi connectivity index (χ4v) is 4.31. The summed E-state index contributed by atoms with van der Waals surface area (Å²) in [6.45, 7) is 2.99. The monoisotopic (exact) mass is 616 g/mol. The minimum Gasteiger partial charge on any atom is -0.548 e. The molecule has 4 aromatic rings. The third-order valence-corrected chi connectivity index (χ3v) is 6.48. The Bertz CT molecular complexity index is 1660. The summed E-state index contributed by atoms with van der Waals surface area (Å²) in [5.74, 6) is -4.33. The van der Waals surface area contributed by atoms with Crippen LogP contribution in [-0.2, 0) is 33.8 Å². The number of aliphatic carboxylic acids is 2. The van der Waals surface area contributed by atoms with Gasteiger partial charge in [0.1, 0.15) is 18.1 Å². The van der Waals surface area contributed by atoms with E-state index in [1.807, 2.05) is 0 Å². The zero-order chi connectivity index (χ0) is 30.4. The average Bonchev–Trinajstić information content (AvgIpc) is 3.38. The van der Waals surface area contributed by atoms with Crippen LogP contribution in [0.5, 0.6) is 0 Å². The number of carboxylic acids is 2. The molecule has 0 saturated carbocycles. The van der Waals surface area contributed by atoms with Gasteiger partial charge in [-0.2, -0.15) is 9.97 Å². The van der Waals surface area contributed by atoms with Crippen molar-refractivity contribution in [3.63, 3.8) is 0 Å². The predicted octanol–water partition coefficient (Wildman–Crippen LogP) is -5.49. The van der Waals surface area contributed by atoms with Crippen molar-refractivity contribution in [3.05, 3.63) is 95.2 Å². The van der Waals surface area contributed by atoms with Crippen molar-refractivity contribution in [3.8, 4) is 0 Å². The van der Waals surface area contributed by atoms with Crippen molar-refractivity contribution >= 4 is 46.7 Å². The Morgan fingerprint density at radius 3 is 2.20 bits per heavy atom. The number of aromatic nitrogens is 3. The molecule has 0 spiro atoms. The number of imide groups is 1. The summed E-state index contributed by atoms with van der Waals surface area (Å²) in [4.78, 5) is 61.2. The number of anilines is 2. The van der Waals surface area contributed by atoms with E-state index < -0.39 is 42.0 Å². The molecule has 0 aliphatic heterocycles. The van der Waals surface area contributed by atoms with E-state index in [4.69, 9.17) is 16.2 Å². The normalized spacial score (nSPS) is 11.0. The van der Waals surface area contributed by atoms with Crippen molar-refractivity contribution < 1.29 is 93.2 Å². The number of carboxylic acid groups (broad SMARTS) is 2. The SMILES string of the molecule is C=C(C[C@@H](C(=O)[O-])N(C(=O)OCc1ccccc1)C(=O)c1ccc(CCc2c[nH]c3nc(N)nc(N)c23)cc1)C(=O)[O-].[Na+].[Na+]. The largest absolute Gasteiger partial charge is 1.00 e. The minimum atomic E-state index is -2.02. The van der Waals surface area contributed by atoms with E-state index in [2.05, 4.69) is 21.5 Å². The Morgan fingerprint density at radius 1 is 0.932 bits per heavy atom. The molecule has 0 aliphatic carbocycles. The first-order valence-corrected chi connectivity index (χ1v) is 12.7. The number of benzene rings is 2. The molecule has 13 nitrogen and oxygen atoms in total. The number of nitrogen functional groups attached to an aromatic ring is 2. The number of carbonyl (C=O) groups excluding carboxylic acids is 4. The maximum atomic E-state index is 13.5. The second kappa shape index (κ2) is 16.4. The maximum Gasteiger partial charge on any atom is 1.00 e. The number of amides is 2. The fourth-order valence-electron chi connectivity index (χ4n) is 4.31. The van der Waals surface area contributed by atoms with Gasteiger partial charge in [-0.15, -0.1) is 0 Å². The molecule has 2 aromatic carbocycles. The number of aryl methyl sites for hydroxylation is 2. The van der Waals surface area contributed by atoms with Gasteiger partial charge in [0.2, 0.25) is 5.95 Å². The van der Waals surface area contributed by atoms with Crippen LogP contribution >= 0.6 is 0 Å². The number of fused-ring (bicyclic) bond motifs is 1. The molecule has 0 saturated heterocycles. The molecule has 0 bridgehead atoms. The molecule has 5 N–H and O–H groups in total. The number of H-pyrrole nitrogens is 1. The quantitative estimate of drug-likeness (QED) is 0.107. The van der Waals surface area contributed by atoms with Crippen molar-refractivity contribution in [2.24, 2.45) is 0 Å². The van der Waals surface area contributed by atoms with Gasteiger partial charge in [0, 0.05) is 18.2 Å². The van der Waals surface area contributed by atoms with Gasteiger partial charge in [-0.05, 0) is 47.2 Å². The van der Waals surface area contributed by atoms with E-state index in [-0.39, 0.29) is 83.1 Å². The van der Waals surface area contributed by atoms with Gasteiger partial charge in [0.25, 0.3) is 5.91 Å². The van der Waals surface area contributed by atoms with Gasteiger partial charge in [-0.1, -0.05) is 49.0 Å². The molecule has 2 heterocycles. The molecule has 0 radical (unpaired) electrons. The van der Waals surface area contributed by atoms with E-state index in [1.54, 1.807) is 48.7 Å². The zero-order valence-electron chi connectivity index (χ0n) is 24.2. The minimum absolute atomic E-state index is 0. The molecule has 2 amide bonds. The summed E-state index contributed by atoms with van der Waals surface area (Å²) in [7, 11) is 0. The molecule has 0 aliphatic rings. The van der Waals surface area contributed by atoms with E-state index >= 15 is 0 Å². The van der Waals surface area contributed by atoms with Gasteiger partial charge in [0.05, 0.1) is 23.4 Å². The standard InChI is InChI=1S/C29H28N6O7.2Na/c1-16(26(37)38)13-21(27(39)40)35(29(41)42-15-18-5-3-2-4-6-18)25(36)19-10-7-17(8-11-19)9-12-20-14-32-24-22(20)23(30)33-28(31)34-24;;/h2-8,10-11,14,21H,1,9,12-13,15H2,(H,37,38)(H,39,40)(H5,30,31,32,33,34);;/q;2*+1/p-2/t21-;;/m0../s1. The Balaban J connectivity index is 0.00000337. The Labute approximate surface area is 296 Å². The molecular weight excluding hydrogens is 590 g/mol. The van der Waals surface area contributed by atoms with Crippen LogP contribution in [0.3, 0.4) is 0 Å². The first kappa shape index (κ1) is 36.5. The number of nitrogens with one attached hydrogen (secondary N) is 1. The van der Waals surface area contributed by atoms with Crippen LogP contribution in [0.4, 0.5) is 16.6 Å². The van der Waals surface area contributed by atoms with E-state index in [0.717, 1.165) is 11.1 Å². The number of nitrogens with two attached hydrogens (primary N) is 2. The summed E-state index contributed by atoms with van der Waals surface area (Å²) in [5.41, 5.74) is 13.7. The molecule has 1 atom stereocenters. The molecule has 0 unspecified atom stereocenters. The summed E-state index contributed by atoms with van der Waals surface area (Å²) in [5, 5.41) is 23.9. The van der Waals surface area contributed by atoms with Crippen molar-refractivity contribution in [2.45, 2.75) is 31.9 Å². The number of nitrogens with zero attached hydrogens (tertiary/aromatic N) is 3. The van der Waals surface area contributed by atoms with Crippen LogP contribution in [0.15, 0.2) is 72.9 Å². The van der Waals surface area contributed by atoms with Gasteiger partial charge in [0.15, 0.2) is 0 Å². The zero-order valence-corrected chi connectivity index (χ0v) is 28.2. The molecule has 2 aromatic heterocycles. The topological polar surface area (TPSA) is 220 Å². The van der Waals surface area contributed by atoms with Crippen molar-refractivity contribution in [2.75, 3.05) is 11.5 Å². The third kappa shape index (κ3) is 8.91. The predicted molar refractivity (Wildman–Crippen MR) is 147 cm³/mol. The Morgan fingerprint density at radius 2 is 1.59 bits per heavy atom. The molecule has 0 fully saturated rings. The molecule has 44 heavy (non-hydrogen) atoms. The number of rotatable bonds is 11. The second-order valence-corrected chi connectivity index (χ2v) is 9.35. The molecule has 4 rings (SSSR count). The van der Waals surface area contributed by atoms with E-state index in [1.165, 1.54) is 12.1 Å². The summed E-state index contributed by atoms with van der Waals surface area (Å²) in [6, 6.07) is 12.6. The smallest absolute Gasteiger partial charge is 0.548 e. The summed E-state index contributed by atoms with van der Waals surface area (Å²) in [6.07, 6.45) is 0.708. The Hall–Kier alpha value is -3.72. The van der Waals surface area contributed by atoms with Crippen LogP contribution in [0.1, 0.15) is 33.5 Å². The summed E-state index contributed by atoms with van der Waals surface area (Å²) >= 11 is 0. The summed E-state index contributed by atoms with van der Waals surface area (Å²) < 4.78 is 5.21. The number of hydrogen-bond donors (Lipinski definition) is 3. The van der Waals surface area contributed by atoms with E-state index in [0.29, 0.717) is 34.3 Å². The van der Waals surface area contributed by atoms with Crippen molar-refractivity contribution in [1.29, 1.82) is 0 Å². The molecule has 15 heteroatoms. The number of ether oxygens (including phenoxy) is 1. The first-order chi connectivity index (χ1) is 20.0. The number of aromatic amines is 1. The van der Waals surface area contributed by atoms with Crippen molar-refractivity contribution in [1.82, 2.24) is 19.9 Å². The molecular formula is C29H26N6Na2O7. The third-order valence-electron chi connectivity index (χ3n) is 6.48. The van der Waals surface area contributed by atoms with Crippen LogP contribution in [0.2, 0.25) is 0 Å². The van der Waals surface area contributed by atoms with Gasteiger partial charge < -0.3 is 41.0 Å². The number of hydrogen-bond acceptors (Lipinski definition) is 11. The van der Waals surface area contributed by atoms with Crippen LogP contribution in [-0.4, -0.2) is 49.8 Å². The average molecular weight is 617 g/mol. The van der Waals surface area contributed by atoms with Crippen LogP contribution in [0.25, 0.3) is 11.0 Å². The maximum absolute atomic E-state index is 13.5. The first-order valence-electron chi connectivity index (χ1n) is 12.7. The number of carbonyl (C=O) groups is 4. The van der Waals surface area contributed by atoms with Crippen LogP contribution < -0.4 is 80.8 Å². The fraction of sp³-hybridized carbons (Fsp3) is 0.172. The van der Waals surface area contributed by atoms with Gasteiger partial charge in [-0.25, -0.2) is 9.69 Å². The van der Waals surface area contributed by atoms with Gasteiger partial charge >= 0.3 is 65.2 Å². The second-order valence-electron chi connectivity index (χ2n) is 9.35. The van der Waals surface area contributed by atoms with Gasteiger partial charge in [-0.3, -0.25) is 4.79 Å². The van der Waals surface area contributed by atoms with E-state index in [9.17, 15) is 29.4 Å². The Kier molecular flexibility index (Phi) is 13.6.